The second-order valence-corrected chi connectivity index (χ2v) is 13.6. The Hall–Kier alpha value is -3.41. The molecule has 0 bridgehead atoms. The Bertz CT molecular complexity index is 1080. The Morgan fingerprint density at radius 3 is 1.36 bits per heavy atom. The molecule has 0 fully saturated rings. The lowest BCUT2D eigenvalue weighted by molar-refractivity contribution is -0.167. The molecule has 0 aliphatic heterocycles. The highest BCUT2D eigenvalue weighted by molar-refractivity contribution is 5.71. The largest absolute Gasteiger partial charge is 0.462 e. The first kappa shape index (κ1) is 49.6. The van der Waals surface area contributed by atoms with Crippen LogP contribution < -0.4 is 0 Å². The van der Waals surface area contributed by atoms with Crippen LogP contribution in [0, 0.1) is 0 Å². The average Bonchev–Trinajstić information content (AvgIpc) is 3.15. The van der Waals surface area contributed by atoms with E-state index in [0.29, 0.717) is 25.7 Å². The van der Waals surface area contributed by atoms with E-state index in [1.54, 1.807) is 0 Å². The Balaban J connectivity index is 4.51. The molecule has 53 heavy (non-hydrogen) atoms. The van der Waals surface area contributed by atoms with Crippen LogP contribution in [-0.4, -0.2) is 37.2 Å². The predicted octanol–water partition coefficient (Wildman–Crippen LogP) is 13.3. The summed E-state index contributed by atoms with van der Waals surface area (Å²) in [6.45, 7) is 6.31. The second kappa shape index (κ2) is 41.3. The second-order valence-electron chi connectivity index (χ2n) is 13.6. The van der Waals surface area contributed by atoms with Crippen molar-refractivity contribution in [3.63, 3.8) is 0 Å². The Morgan fingerprint density at radius 2 is 0.792 bits per heavy atom. The van der Waals surface area contributed by atoms with E-state index in [0.717, 1.165) is 77.0 Å². The van der Waals surface area contributed by atoms with Gasteiger partial charge >= 0.3 is 17.9 Å². The highest BCUT2D eigenvalue weighted by Crippen LogP contribution is 2.11. The van der Waals surface area contributed by atoms with Crippen LogP contribution in [0.4, 0.5) is 0 Å². The number of allylic oxidation sites excluding steroid dienone is 14. The molecule has 0 saturated carbocycles. The minimum Gasteiger partial charge on any atom is -0.462 e. The van der Waals surface area contributed by atoms with E-state index in [4.69, 9.17) is 14.2 Å². The fraction of sp³-hybridized carbons (Fsp3) is 0.638. The van der Waals surface area contributed by atoms with E-state index in [2.05, 4.69) is 57.2 Å². The standard InChI is InChI=1S/C47H76O6/c1-4-7-10-13-16-19-21-22-23-24-26-28-31-34-37-40-46(49)52-43-44(42-51-45(48)39-36-33-30-27-18-15-12-9-6-3)53-47(50)41-38-35-32-29-25-20-17-14-11-8-5-2/h7,10,13-14,16-17,19,21-24,26-27,30,44H,4-6,8-9,11-12,15,18,20,25,28-29,31-43H2,1-3H3/b10-7-,16-13-,17-14-,21-19-,23-22-,26-24-,30-27-. The monoisotopic (exact) mass is 737 g/mol. The van der Waals surface area contributed by atoms with Gasteiger partial charge < -0.3 is 14.2 Å². The number of unbranched alkanes of at least 4 members (excludes halogenated alkanes) is 15. The zero-order chi connectivity index (χ0) is 38.7. The fourth-order valence-corrected chi connectivity index (χ4v) is 5.27. The third-order valence-electron chi connectivity index (χ3n) is 8.48. The molecular weight excluding hydrogens is 661 g/mol. The third-order valence-corrected chi connectivity index (χ3v) is 8.48. The molecule has 0 rings (SSSR count). The molecule has 0 N–H and O–H groups in total. The molecule has 0 aromatic rings. The maximum absolute atomic E-state index is 12.6. The van der Waals surface area contributed by atoms with Gasteiger partial charge in [-0.1, -0.05) is 164 Å². The summed E-state index contributed by atoms with van der Waals surface area (Å²) in [5.41, 5.74) is 0. The van der Waals surface area contributed by atoms with Crippen molar-refractivity contribution in [2.24, 2.45) is 0 Å². The van der Waals surface area contributed by atoms with Gasteiger partial charge in [-0.3, -0.25) is 14.4 Å². The molecule has 0 aliphatic carbocycles. The first-order valence-electron chi connectivity index (χ1n) is 21.2. The SMILES string of the molecule is CC\C=C/C=C\C=C/C=C\C=C/CCCCCC(=O)OCC(COC(=O)CCC/C=C\CCCCCC)OC(=O)CCCCCCC/C=C\CCCC. The first-order valence-corrected chi connectivity index (χ1v) is 21.2. The van der Waals surface area contributed by atoms with E-state index in [1.165, 1.54) is 51.4 Å². The Kier molecular flexibility index (Phi) is 38.7. The van der Waals surface area contributed by atoms with Crippen molar-refractivity contribution >= 4 is 17.9 Å². The van der Waals surface area contributed by atoms with Gasteiger partial charge in [0.15, 0.2) is 6.10 Å². The van der Waals surface area contributed by atoms with E-state index in [1.807, 2.05) is 48.6 Å². The number of ether oxygens (including phenoxy) is 3. The molecule has 0 aromatic heterocycles. The van der Waals surface area contributed by atoms with Gasteiger partial charge in [-0.2, -0.15) is 0 Å². The molecule has 1 atom stereocenters. The number of hydrogen-bond acceptors (Lipinski definition) is 6. The van der Waals surface area contributed by atoms with Crippen molar-refractivity contribution in [3.05, 3.63) is 85.1 Å². The maximum Gasteiger partial charge on any atom is 0.306 e. The summed E-state index contributed by atoms with van der Waals surface area (Å²) >= 11 is 0. The Morgan fingerprint density at radius 1 is 0.396 bits per heavy atom. The number of carbonyl (C=O) groups excluding carboxylic acids is 3. The van der Waals surface area contributed by atoms with Gasteiger partial charge in [0.1, 0.15) is 13.2 Å². The third kappa shape index (κ3) is 39.6. The van der Waals surface area contributed by atoms with E-state index >= 15 is 0 Å². The van der Waals surface area contributed by atoms with Crippen LogP contribution >= 0.6 is 0 Å². The van der Waals surface area contributed by atoms with Crippen LogP contribution in [0.1, 0.15) is 175 Å². The van der Waals surface area contributed by atoms with Gasteiger partial charge in [0.25, 0.3) is 0 Å². The molecule has 6 heteroatoms. The molecule has 0 amide bonds. The summed E-state index contributed by atoms with van der Waals surface area (Å²) in [6.07, 6.45) is 51.4. The van der Waals surface area contributed by atoms with E-state index in [-0.39, 0.29) is 31.1 Å². The molecule has 0 saturated heterocycles. The molecule has 0 aromatic carbocycles. The molecule has 0 heterocycles. The Labute approximate surface area is 325 Å². The highest BCUT2D eigenvalue weighted by Gasteiger charge is 2.19. The van der Waals surface area contributed by atoms with Gasteiger partial charge in [-0.25, -0.2) is 0 Å². The fourth-order valence-electron chi connectivity index (χ4n) is 5.27. The average molecular weight is 737 g/mol. The highest BCUT2D eigenvalue weighted by atomic mass is 16.6. The van der Waals surface area contributed by atoms with E-state index in [9.17, 15) is 14.4 Å². The molecule has 300 valence electrons. The molecule has 6 nitrogen and oxygen atoms in total. The van der Waals surface area contributed by atoms with Crippen molar-refractivity contribution in [2.75, 3.05) is 13.2 Å². The summed E-state index contributed by atoms with van der Waals surface area (Å²) in [7, 11) is 0. The molecule has 0 spiro atoms. The number of hydrogen-bond donors (Lipinski definition) is 0. The van der Waals surface area contributed by atoms with Crippen molar-refractivity contribution in [1.82, 2.24) is 0 Å². The van der Waals surface area contributed by atoms with Crippen LogP contribution in [0.3, 0.4) is 0 Å². The zero-order valence-corrected chi connectivity index (χ0v) is 34.0. The van der Waals surface area contributed by atoms with Gasteiger partial charge in [-0.05, 0) is 77.0 Å². The van der Waals surface area contributed by atoms with Gasteiger partial charge in [0.05, 0.1) is 0 Å². The van der Waals surface area contributed by atoms with Crippen LogP contribution in [0.5, 0.6) is 0 Å². The summed E-state index contributed by atoms with van der Waals surface area (Å²) in [6, 6.07) is 0. The lowest BCUT2D eigenvalue weighted by atomic mass is 10.1. The lowest BCUT2D eigenvalue weighted by Crippen LogP contribution is -2.30. The minimum absolute atomic E-state index is 0.111. The van der Waals surface area contributed by atoms with Gasteiger partial charge in [0, 0.05) is 19.3 Å². The van der Waals surface area contributed by atoms with Crippen LogP contribution in [-0.2, 0) is 28.6 Å². The minimum atomic E-state index is -0.806. The number of carbonyl (C=O) groups is 3. The van der Waals surface area contributed by atoms with Crippen LogP contribution in [0.15, 0.2) is 85.1 Å². The summed E-state index contributed by atoms with van der Waals surface area (Å²) in [4.78, 5) is 37.5. The van der Waals surface area contributed by atoms with Gasteiger partial charge in [-0.15, -0.1) is 0 Å². The van der Waals surface area contributed by atoms with Gasteiger partial charge in [0.2, 0.25) is 0 Å². The van der Waals surface area contributed by atoms with Crippen molar-refractivity contribution in [2.45, 2.75) is 181 Å². The number of rotatable bonds is 36. The number of esters is 3. The molecule has 0 aliphatic rings. The zero-order valence-electron chi connectivity index (χ0n) is 34.0. The molecule has 0 radical (unpaired) electrons. The normalized spacial score (nSPS) is 12.9. The maximum atomic E-state index is 12.6. The summed E-state index contributed by atoms with van der Waals surface area (Å²) in [5.74, 6) is -1.01. The van der Waals surface area contributed by atoms with Crippen LogP contribution in [0.2, 0.25) is 0 Å². The quantitative estimate of drug-likeness (QED) is 0.0209. The van der Waals surface area contributed by atoms with Crippen molar-refractivity contribution in [3.8, 4) is 0 Å². The topological polar surface area (TPSA) is 78.9 Å². The lowest BCUT2D eigenvalue weighted by Gasteiger charge is -2.18. The van der Waals surface area contributed by atoms with Crippen LogP contribution in [0.25, 0.3) is 0 Å². The molecular formula is C47H76O6. The van der Waals surface area contributed by atoms with Crippen molar-refractivity contribution < 1.29 is 28.6 Å². The smallest absolute Gasteiger partial charge is 0.306 e. The molecule has 1 unspecified atom stereocenters. The predicted molar refractivity (Wildman–Crippen MR) is 224 cm³/mol. The first-order chi connectivity index (χ1) is 26.0. The summed E-state index contributed by atoms with van der Waals surface area (Å²) in [5, 5.41) is 0. The van der Waals surface area contributed by atoms with E-state index < -0.39 is 6.10 Å². The van der Waals surface area contributed by atoms with Crippen molar-refractivity contribution in [1.29, 1.82) is 0 Å². The summed E-state index contributed by atoms with van der Waals surface area (Å²) < 4.78 is 16.6.